The first-order valence-corrected chi connectivity index (χ1v) is 7.40. The van der Waals surface area contributed by atoms with Gasteiger partial charge >= 0.3 is 0 Å². The smallest absolute Gasteiger partial charge is 0.269 e. The number of nitro groups is 1. The number of amides is 1. The van der Waals surface area contributed by atoms with Crippen LogP contribution < -0.4 is 5.32 Å². The third-order valence-electron chi connectivity index (χ3n) is 3.20. The van der Waals surface area contributed by atoms with Gasteiger partial charge in [-0.15, -0.1) is 0 Å². The molecule has 0 aliphatic heterocycles. The summed E-state index contributed by atoms with van der Waals surface area (Å²) in [5, 5.41) is 22.7. The van der Waals surface area contributed by atoms with Crippen molar-refractivity contribution in [1.29, 1.82) is 0 Å². The first kappa shape index (κ1) is 18.1. The SMILES string of the molecule is O=C(NCC(O)c1ccc([N+](=O)[O-])cc1)c1cc(F)c(Cl)cc1Cl. The molecule has 0 aromatic heterocycles. The van der Waals surface area contributed by atoms with Crippen LogP contribution in [-0.4, -0.2) is 22.5 Å². The summed E-state index contributed by atoms with van der Waals surface area (Å²) in [4.78, 5) is 22.0. The number of nitro benzene ring substituents is 1. The highest BCUT2D eigenvalue weighted by Gasteiger charge is 2.16. The molecule has 0 fully saturated rings. The van der Waals surface area contributed by atoms with Crippen molar-refractivity contribution in [2.45, 2.75) is 6.10 Å². The molecule has 1 atom stereocenters. The van der Waals surface area contributed by atoms with Gasteiger partial charge in [-0.25, -0.2) is 4.39 Å². The van der Waals surface area contributed by atoms with Gasteiger partial charge in [-0.1, -0.05) is 23.2 Å². The number of rotatable bonds is 5. The van der Waals surface area contributed by atoms with Crippen LogP contribution in [0.4, 0.5) is 10.1 Å². The van der Waals surface area contributed by atoms with Crippen LogP contribution in [0.15, 0.2) is 36.4 Å². The Morgan fingerprint density at radius 3 is 2.46 bits per heavy atom. The molecule has 2 aromatic rings. The number of non-ortho nitro benzene ring substituents is 1. The average Bonchev–Trinajstić information content (AvgIpc) is 2.55. The van der Waals surface area contributed by atoms with Crippen LogP contribution in [0.2, 0.25) is 10.0 Å². The molecule has 0 saturated carbocycles. The third-order valence-corrected chi connectivity index (χ3v) is 3.80. The van der Waals surface area contributed by atoms with Gasteiger partial charge in [0.2, 0.25) is 0 Å². The third kappa shape index (κ3) is 4.19. The Hall–Kier alpha value is -2.22. The summed E-state index contributed by atoms with van der Waals surface area (Å²) < 4.78 is 13.4. The standard InChI is InChI=1S/C15H11Cl2FN2O4/c16-11-6-12(17)13(18)5-10(11)15(22)19-7-14(21)8-1-3-9(4-2-8)20(23)24/h1-6,14,21H,7H2,(H,19,22). The summed E-state index contributed by atoms with van der Waals surface area (Å²) >= 11 is 11.4. The lowest BCUT2D eigenvalue weighted by Crippen LogP contribution is -2.28. The first-order chi connectivity index (χ1) is 11.3. The molecule has 0 bridgehead atoms. The van der Waals surface area contributed by atoms with E-state index in [9.17, 15) is 24.4 Å². The van der Waals surface area contributed by atoms with E-state index in [1.165, 1.54) is 24.3 Å². The van der Waals surface area contributed by atoms with Crippen molar-refractivity contribution in [2.24, 2.45) is 0 Å². The van der Waals surface area contributed by atoms with E-state index in [1.807, 2.05) is 0 Å². The molecule has 2 N–H and O–H groups in total. The summed E-state index contributed by atoms with van der Waals surface area (Å²) in [6, 6.07) is 7.25. The summed E-state index contributed by atoms with van der Waals surface area (Å²) in [5.74, 6) is -1.47. The van der Waals surface area contributed by atoms with Crippen molar-refractivity contribution >= 4 is 34.8 Å². The van der Waals surface area contributed by atoms with Gasteiger partial charge in [0.1, 0.15) is 5.82 Å². The lowest BCUT2D eigenvalue weighted by atomic mass is 10.1. The zero-order chi connectivity index (χ0) is 17.9. The predicted octanol–water partition coefficient (Wildman–Crippen LogP) is 3.50. The van der Waals surface area contributed by atoms with Gasteiger partial charge in [0, 0.05) is 18.7 Å². The van der Waals surface area contributed by atoms with Gasteiger partial charge in [-0.05, 0) is 29.8 Å². The maximum atomic E-state index is 13.4. The zero-order valence-electron chi connectivity index (χ0n) is 12.0. The summed E-state index contributed by atoms with van der Waals surface area (Å²) in [6.07, 6.45) is -1.09. The van der Waals surface area contributed by atoms with Crippen molar-refractivity contribution in [3.05, 3.63) is 73.5 Å². The fourth-order valence-electron chi connectivity index (χ4n) is 1.92. The highest BCUT2D eigenvalue weighted by Crippen LogP contribution is 2.24. The number of aliphatic hydroxyl groups is 1. The quantitative estimate of drug-likeness (QED) is 0.477. The molecule has 9 heteroatoms. The lowest BCUT2D eigenvalue weighted by Gasteiger charge is -2.13. The van der Waals surface area contributed by atoms with Gasteiger partial charge < -0.3 is 10.4 Å². The van der Waals surface area contributed by atoms with Crippen LogP contribution in [0.25, 0.3) is 0 Å². The van der Waals surface area contributed by atoms with E-state index in [-0.39, 0.29) is 27.8 Å². The normalized spacial score (nSPS) is 11.8. The molecule has 0 aliphatic rings. The Balaban J connectivity index is 2.03. The van der Waals surface area contributed by atoms with E-state index in [0.717, 1.165) is 12.1 Å². The van der Waals surface area contributed by atoms with E-state index < -0.39 is 22.8 Å². The number of nitrogens with one attached hydrogen (secondary N) is 1. The fourth-order valence-corrected chi connectivity index (χ4v) is 2.39. The van der Waals surface area contributed by atoms with Crippen LogP contribution in [0.5, 0.6) is 0 Å². The van der Waals surface area contributed by atoms with Crippen LogP contribution >= 0.6 is 23.2 Å². The highest BCUT2D eigenvalue weighted by atomic mass is 35.5. The molecular weight excluding hydrogens is 362 g/mol. The Morgan fingerprint density at radius 1 is 1.25 bits per heavy atom. The van der Waals surface area contributed by atoms with Crippen molar-refractivity contribution in [3.63, 3.8) is 0 Å². The molecule has 1 unspecified atom stereocenters. The van der Waals surface area contributed by atoms with E-state index in [4.69, 9.17) is 23.2 Å². The second-order valence-electron chi connectivity index (χ2n) is 4.82. The van der Waals surface area contributed by atoms with Crippen LogP contribution in [0.1, 0.15) is 22.0 Å². The Kier molecular flexibility index (Phi) is 5.71. The number of benzene rings is 2. The van der Waals surface area contributed by atoms with Gasteiger partial charge in [0.25, 0.3) is 11.6 Å². The molecule has 2 rings (SSSR count). The molecule has 0 aliphatic carbocycles. The van der Waals surface area contributed by atoms with Crippen molar-refractivity contribution in [2.75, 3.05) is 6.54 Å². The second kappa shape index (κ2) is 7.57. The molecule has 0 saturated heterocycles. The van der Waals surface area contributed by atoms with Crippen molar-refractivity contribution < 1.29 is 19.2 Å². The van der Waals surface area contributed by atoms with E-state index in [1.54, 1.807) is 0 Å². The van der Waals surface area contributed by atoms with Crippen LogP contribution in [0, 0.1) is 15.9 Å². The topological polar surface area (TPSA) is 92.5 Å². The second-order valence-corrected chi connectivity index (χ2v) is 5.64. The lowest BCUT2D eigenvalue weighted by molar-refractivity contribution is -0.384. The summed E-state index contributed by atoms with van der Waals surface area (Å²) in [7, 11) is 0. The Bertz CT molecular complexity index is 784. The highest BCUT2D eigenvalue weighted by molar-refractivity contribution is 6.36. The number of hydrogen-bond donors (Lipinski definition) is 2. The summed E-state index contributed by atoms with van der Waals surface area (Å²) in [6.45, 7) is -0.183. The molecular formula is C15H11Cl2FN2O4. The largest absolute Gasteiger partial charge is 0.387 e. The zero-order valence-corrected chi connectivity index (χ0v) is 13.5. The molecule has 2 aromatic carbocycles. The molecule has 126 valence electrons. The number of hydrogen-bond acceptors (Lipinski definition) is 4. The van der Waals surface area contributed by atoms with E-state index >= 15 is 0 Å². The average molecular weight is 373 g/mol. The number of aliphatic hydroxyl groups excluding tert-OH is 1. The number of halogens is 3. The van der Waals surface area contributed by atoms with Gasteiger partial charge in [0.15, 0.2) is 0 Å². The molecule has 0 radical (unpaired) electrons. The Morgan fingerprint density at radius 2 is 1.88 bits per heavy atom. The van der Waals surface area contributed by atoms with Gasteiger partial charge in [-0.3, -0.25) is 14.9 Å². The van der Waals surface area contributed by atoms with Crippen molar-refractivity contribution in [3.8, 4) is 0 Å². The number of nitrogens with zero attached hydrogens (tertiary/aromatic N) is 1. The van der Waals surface area contributed by atoms with Crippen LogP contribution in [0.3, 0.4) is 0 Å². The Labute approximate surface area is 146 Å². The maximum absolute atomic E-state index is 13.4. The molecule has 1 amide bonds. The molecule has 0 spiro atoms. The van der Waals surface area contributed by atoms with Crippen molar-refractivity contribution in [1.82, 2.24) is 5.32 Å². The minimum absolute atomic E-state index is 0.0243. The summed E-state index contributed by atoms with van der Waals surface area (Å²) in [5.41, 5.74) is 0.155. The van der Waals surface area contributed by atoms with Gasteiger partial charge in [0.05, 0.1) is 26.6 Å². The van der Waals surface area contributed by atoms with E-state index in [0.29, 0.717) is 5.56 Å². The minimum atomic E-state index is -1.09. The first-order valence-electron chi connectivity index (χ1n) is 6.64. The monoisotopic (exact) mass is 372 g/mol. The number of carbonyl (C=O) groups excluding carboxylic acids is 1. The molecule has 24 heavy (non-hydrogen) atoms. The van der Waals surface area contributed by atoms with Crippen LogP contribution in [-0.2, 0) is 0 Å². The predicted molar refractivity (Wildman–Crippen MR) is 86.8 cm³/mol. The van der Waals surface area contributed by atoms with E-state index in [2.05, 4.69) is 5.32 Å². The fraction of sp³-hybridized carbons (Fsp3) is 0.133. The minimum Gasteiger partial charge on any atom is -0.387 e. The maximum Gasteiger partial charge on any atom is 0.269 e. The molecule has 0 heterocycles. The van der Waals surface area contributed by atoms with Gasteiger partial charge in [-0.2, -0.15) is 0 Å². The number of carbonyl (C=O) groups is 1. The molecule has 6 nitrogen and oxygen atoms in total.